The van der Waals surface area contributed by atoms with Crippen molar-refractivity contribution < 1.29 is 9.21 Å². The van der Waals surface area contributed by atoms with Crippen LogP contribution < -0.4 is 5.32 Å². The lowest BCUT2D eigenvalue weighted by Crippen LogP contribution is -2.08. The highest BCUT2D eigenvalue weighted by Crippen LogP contribution is 2.29. The fraction of sp³-hybridized carbons (Fsp3) is 0.0500. The number of carbonyl (C=O) groups excluding carboxylic acids is 1. The first-order valence-electron chi connectivity index (χ1n) is 7.53. The lowest BCUT2D eigenvalue weighted by molar-refractivity contribution is -0.111. The summed E-state index contributed by atoms with van der Waals surface area (Å²) in [6.07, 6.45) is 3.08. The standard InChI is InChI=1S/C20H16ClNO2/c1-14-6-2-5-9-18(14)22-20(23)13-11-15-10-12-19(24-15)16-7-3-4-8-17(16)21/h2-13H,1H3,(H,22,23)/b13-11+. The van der Waals surface area contributed by atoms with E-state index in [0.29, 0.717) is 16.5 Å². The van der Waals surface area contributed by atoms with E-state index in [1.54, 1.807) is 12.1 Å². The molecule has 120 valence electrons. The molecule has 1 aromatic heterocycles. The summed E-state index contributed by atoms with van der Waals surface area (Å²) in [6, 6.07) is 18.7. The van der Waals surface area contributed by atoms with Gasteiger partial charge in [-0.15, -0.1) is 0 Å². The van der Waals surface area contributed by atoms with Gasteiger partial charge in [0.2, 0.25) is 5.91 Å². The topological polar surface area (TPSA) is 42.2 Å². The van der Waals surface area contributed by atoms with Crippen LogP contribution in [0.15, 0.2) is 71.2 Å². The maximum atomic E-state index is 12.0. The normalized spacial score (nSPS) is 10.9. The zero-order valence-electron chi connectivity index (χ0n) is 13.1. The van der Waals surface area contributed by atoms with Crippen LogP contribution in [0.1, 0.15) is 11.3 Å². The Morgan fingerprint density at radius 2 is 1.79 bits per heavy atom. The average Bonchev–Trinajstić information content (AvgIpc) is 3.04. The summed E-state index contributed by atoms with van der Waals surface area (Å²) in [5.41, 5.74) is 2.63. The Bertz CT molecular complexity index is 896. The number of carbonyl (C=O) groups is 1. The summed E-state index contributed by atoms with van der Waals surface area (Å²) in [7, 11) is 0. The van der Waals surface area contributed by atoms with Gasteiger partial charge < -0.3 is 9.73 Å². The Morgan fingerprint density at radius 3 is 2.58 bits per heavy atom. The number of halogens is 1. The number of hydrogen-bond acceptors (Lipinski definition) is 2. The Morgan fingerprint density at radius 1 is 1.04 bits per heavy atom. The minimum Gasteiger partial charge on any atom is -0.457 e. The summed E-state index contributed by atoms with van der Waals surface area (Å²) >= 11 is 6.16. The number of aryl methyl sites for hydroxylation is 1. The Kier molecular flexibility index (Phi) is 4.82. The SMILES string of the molecule is Cc1ccccc1NC(=O)/C=C/c1ccc(-c2ccccc2Cl)o1. The first-order chi connectivity index (χ1) is 11.6. The summed E-state index contributed by atoms with van der Waals surface area (Å²) < 4.78 is 5.72. The summed E-state index contributed by atoms with van der Waals surface area (Å²) in [5.74, 6) is 1.05. The molecule has 0 aliphatic carbocycles. The first-order valence-corrected chi connectivity index (χ1v) is 7.91. The molecule has 0 saturated carbocycles. The third kappa shape index (κ3) is 3.76. The molecule has 2 aromatic carbocycles. The second-order valence-corrected chi connectivity index (χ2v) is 5.73. The third-order valence-corrected chi connectivity index (χ3v) is 3.90. The maximum absolute atomic E-state index is 12.0. The summed E-state index contributed by atoms with van der Waals surface area (Å²) in [4.78, 5) is 12.0. The minimum absolute atomic E-state index is 0.208. The highest BCUT2D eigenvalue weighted by molar-refractivity contribution is 6.33. The second-order valence-electron chi connectivity index (χ2n) is 5.32. The van der Waals surface area contributed by atoms with Gasteiger partial charge in [0.25, 0.3) is 0 Å². The average molecular weight is 338 g/mol. The van der Waals surface area contributed by atoms with Crippen LogP contribution >= 0.6 is 11.6 Å². The van der Waals surface area contributed by atoms with Gasteiger partial charge in [0, 0.05) is 17.3 Å². The zero-order chi connectivity index (χ0) is 16.9. The minimum atomic E-state index is -0.208. The molecular formula is C20H16ClNO2. The van der Waals surface area contributed by atoms with Gasteiger partial charge in [0.05, 0.1) is 5.02 Å². The van der Waals surface area contributed by atoms with E-state index in [1.807, 2.05) is 61.5 Å². The van der Waals surface area contributed by atoms with Crippen molar-refractivity contribution in [1.82, 2.24) is 0 Å². The van der Waals surface area contributed by atoms with Crippen LogP contribution in [0.3, 0.4) is 0 Å². The number of benzene rings is 2. The van der Waals surface area contributed by atoms with Crippen LogP contribution in [0.2, 0.25) is 5.02 Å². The molecule has 1 N–H and O–H groups in total. The maximum Gasteiger partial charge on any atom is 0.248 e. The van der Waals surface area contributed by atoms with Gasteiger partial charge in [-0.2, -0.15) is 0 Å². The molecule has 0 aliphatic heterocycles. The van der Waals surface area contributed by atoms with Crippen molar-refractivity contribution in [3.8, 4) is 11.3 Å². The highest BCUT2D eigenvalue weighted by atomic mass is 35.5. The van der Waals surface area contributed by atoms with Crippen molar-refractivity contribution >= 4 is 29.3 Å². The molecule has 3 rings (SSSR count). The van der Waals surface area contributed by atoms with E-state index in [4.69, 9.17) is 16.0 Å². The number of amides is 1. The van der Waals surface area contributed by atoms with Crippen molar-refractivity contribution in [2.75, 3.05) is 5.32 Å². The molecule has 0 aliphatic rings. The molecule has 4 heteroatoms. The molecule has 3 nitrogen and oxygen atoms in total. The third-order valence-electron chi connectivity index (χ3n) is 3.57. The largest absolute Gasteiger partial charge is 0.457 e. The molecule has 0 fully saturated rings. The summed E-state index contributed by atoms with van der Waals surface area (Å²) in [6.45, 7) is 1.95. The van der Waals surface area contributed by atoms with Crippen molar-refractivity contribution in [3.63, 3.8) is 0 Å². The fourth-order valence-electron chi connectivity index (χ4n) is 2.29. The molecule has 0 saturated heterocycles. The van der Waals surface area contributed by atoms with Crippen LogP contribution in [0.5, 0.6) is 0 Å². The number of anilines is 1. The Balaban J connectivity index is 1.70. The van der Waals surface area contributed by atoms with Crippen LogP contribution in [-0.4, -0.2) is 5.91 Å². The molecule has 0 unspecified atom stereocenters. The van der Waals surface area contributed by atoms with E-state index < -0.39 is 0 Å². The van der Waals surface area contributed by atoms with Crippen molar-refractivity contribution in [1.29, 1.82) is 0 Å². The lowest BCUT2D eigenvalue weighted by Gasteiger charge is -2.04. The molecule has 1 amide bonds. The monoisotopic (exact) mass is 337 g/mol. The first kappa shape index (κ1) is 16.1. The number of para-hydroxylation sites is 1. The van der Waals surface area contributed by atoms with E-state index in [9.17, 15) is 4.79 Å². The van der Waals surface area contributed by atoms with Crippen LogP contribution in [0.4, 0.5) is 5.69 Å². The molecule has 3 aromatic rings. The van der Waals surface area contributed by atoms with E-state index in [1.165, 1.54) is 6.08 Å². The van der Waals surface area contributed by atoms with Gasteiger partial charge in [-0.1, -0.05) is 41.9 Å². The summed E-state index contributed by atoms with van der Waals surface area (Å²) in [5, 5.41) is 3.46. The number of nitrogens with one attached hydrogen (secondary N) is 1. The van der Waals surface area contributed by atoms with Gasteiger partial charge in [-0.25, -0.2) is 0 Å². The second kappa shape index (κ2) is 7.20. The molecule has 0 radical (unpaired) electrons. The van der Waals surface area contributed by atoms with E-state index in [0.717, 1.165) is 16.8 Å². The van der Waals surface area contributed by atoms with Gasteiger partial charge in [-0.05, 0) is 48.9 Å². The zero-order valence-corrected chi connectivity index (χ0v) is 13.9. The van der Waals surface area contributed by atoms with E-state index in [2.05, 4.69) is 5.32 Å². The Labute approximate surface area is 145 Å². The van der Waals surface area contributed by atoms with Gasteiger partial charge in [-0.3, -0.25) is 4.79 Å². The lowest BCUT2D eigenvalue weighted by atomic mass is 10.2. The van der Waals surface area contributed by atoms with E-state index in [-0.39, 0.29) is 5.91 Å². The molecule has 0 bridgehead atoms. The smallest absolute Gasteiger partial charge is 0.248 e. The quantitative estimate of drug-likeness (QED) is 0.633. The van der Waals surface area contributed by atoms with Crippen molar-refractivity contribution in [3.05, 3.63) is 83.1 Å². The van der Waals surface area contributed by atoms with Crippen LogP contribution in [0.25, 0.3) is 17.4 Å². The number of hydrogen-bond donors (Lipinski definition) is 1. The van der Waals surface area contributed by atoms with Crippen molar-refractivity contribution in [2.24, 2.45) is 0 Å². The van der Waals surface area contributed by atoms with E-state index >= 15 is 0 Å². The van der Waals surface area contributed by atoms with Gasteiger partial charge >= 0.3 is 0 Å². The fourth-order valence-corrected chi connectivity index (χ4v) is 2.52. The molecule has 1 heterocycles. The number of rotatable bonds is 4. The predicted molar refractivity (Wildman–Crippen MR) is 98.0 cm³/mol. The van der Waals surface area contributed by atoms with Gasteiger partial charge in [0.1, 0.15) is 11.5 Å². The van der Waals surface area contributed by atoms with Crippen molar-refractivity contribution in [2.45, 2.75) is 6.92 Å². The number of furan rings is 1. The molecule has 24 heavy (non-hydrogen) atoms. The Hall–Kier alpha value is -2.78. The molecule has 0 spiro atoms. The highest BCUT2D eigenvalue weighted by Gasteiger charge is 2.07. The predicted octanol–water partition coefficient (Wildman–Crippen LogP) is 5.56. The molecular weight excluding hydrogens is 322 g/mol. The van der Waals surface area contributed by atoms with Gasteiger partial charge in [0.15, 0.2) is 0 Å². The molecule has 0 atom stereocenters. The van der Waals surface area contributed by atoms with Crippen LogP contribution in [0, 0.1) is 6.92 Å². The van der Waals surface area contributed by atoms with Crippen LogP contribution in [-0.2, 0) is 4.79 Å².